The van der Waals surface area contributed by atoms with Gasteiger partial charge in [0.2, 0.25) is 0 Å². The number of benzene rings is 3. The Morgan fingerprint density at radius 2 is 1.82 bits per heavy atom. The molecule has 5 nitrogen and oxygen atoms in total. The quantitative estimate of drug-likeness (QED) is 0.228. The lowest BCUT2D eigenvalue weighted by molar-refractivity contribution is 0.0600. The number of methoxy groups -OCH3 is 2. The molecule has 1 aromatic heterocycles. The van der Waals surface area contributed by atoms with Crippen LogP contribution in [0.15, 0.2) is 95.5 Å². The van der Waals surface area contributed by atoms with Crippen LogP contribution < -0.4 is 10.1 Å². The van der Waals surface area contributed by atoms with Gasteiger partial charge in [-0.3, -0.25) is 4.98 Å². The van der Waals surface area contributed by atoms with Crippen LogP contribution in [0.2, 0.25) is 0 Å². The van der Waals surface area contributed by atoms with Crippen molar-refractivity contribution in [3.05, 3.63) is 102 Å². The molecule has 0 saturated heterocycles. The second-order valence-corrected chi connectivity index (χ2v) is 8.70. The molecule has 0 fully saturated rings. The molecule has 4 aromatic rings. The van der Waals surface area contributed by atoms with Crippen LogP contribution in [0.5, 0.6) is 5.75 Å². The van der Waals surface area contributed by atoms with Gasteiger partial charge in [0, 0.05) is 22.6 Å². The molecule has 1 N–H and O–H groups in total. The van der Waals surface area contributed by atoms with Crippen molar-refractivity contribution in [2.45, 2.75) is 4.90 Å². The first-order valence-electron chi connectivity index (χ1n) is 10.9. The highest BCUT2D eigenvalue weighted by molar-refractivity contribution is 7.99. The summed E-state index contributed by atoms with van der Waals surface area (Å²) in [5.41, 5.74) is 4.70. The van der Waals surface area contributed by atoms with Crippen molar-refractivity contribution in [1.82, 2.24) is 4.98 Å². The van der Waals surface area contributed by atoms with Gasteiger partial charge in [-0.1, -0.05) is 42.5 Å². The van der Waals surface area contributed by atoms with Gasteiger partial charge in [0.25, 0.3) is 0 Å². The maximum absolute atomic E-state index is 11.7. The number of rotatable bonds is 9. The highest BCUT2D eigenvalue weighted by Gasteiger charge is 2.06. The molecule has 4 rings (SSSR count). The SMILES string of the molecule is COC(=O)c1ccc(C=C(CNc2cnc3ccccc3c2)CSc2cccc(OC)c2)cc1. The van der Waals surface area contributed by atoms with Crippen molar-refractivity contribution in [1.29, 1.82) is 0 Å². The van der Waals surface area contributed by atoms with Crippen LogP contribution in [-0.2, 0) is 4.74 Å². The van der Waals surface area contributed by atoms with E-state index in [1.54, 1.807) is 31.0 Å². The first-order chi connectivity index (χ1) is 16.6. The van der Waals surface area contributed by atoms with Gasteiger partial charge in [0.05, 0.1) is 37.2 Å². The summed E-state index contributed by atoms with van der Waals surface area (Å²) in [6.45, 7) is 0.662. The summed E-state index contributed by atoms with van der Waals surface area (Å²) in [6, 6.07) is 25.7. The van der Waals surface area contributed by atoms with Gasteiger partial charge in [-0.2, -0.15) is 0 Å². The maximum Gasteiger partial charge on any atom is 0.337 e. The third-order valence-electron chi connectivity index (χ3n) is 5.28. The van der Waals surface area contributed by atoms with Crippen LogP contribution in [-0.4, -0.2) is 37.5 Å². The van der Waals surface area contributed by atoms with E-state index in [9.17, 15) is 4.79 Å². The van der Waals surface area contributed by atoms with Gasteiger partial charge in [0.1, 0.15) is 5.75 Å². The van der Waals surface area contributed by atoms with Gasteiger partial charge >= 0.3 is 5.97 Å². The van der Waals surface area contributed by atoms with Gasteiger partial charge in [0.15, 0.2) is 0 Å². The van der Waals surface area contributed by atoms with E-state index in [1.165, 1.54) is 12.7 Å². The number of esters is 1. The molecule has 0 bridgehead atoms. The predicted octanol–water partition coefficient (Wildman–Crippen LogP) is 6.32. The van der Waals surface area contributed by atoms with Crippen LogP contribution in [0, 0.1) is 0 Å². The number of aromatic nitrogens is 1. The van der Waals surface area contributed by atoms with E-state index in [2.05, 4.69) is 34.6 Å². The van der Waals surface area contributed by atoms with Crippen molar-refractivity contribution in [3.63, 3.8) is 0 Å². The number of ether oxygens (including phenoxy) is 2. The van der Waals surface area contributed by atoms with E-state index in [0.29, 0.717) is 12.1 Å². The van der Waals surface area contributed by atoms with Gasteiger partial charge in [-0.05, 0) is 53.6 Å². The number of hydrogen-bond donors (Lipinski definition) is 1. The summed E-state index contributed by atoms with van der Waals surface area (Å²) in [6.07, 6.45) is 4.01. The zero-order valence-electron chi connectivity index (χ0n) is 19.2. The third kappa shape index (κ3) is 6.17. The van der Waals surface area contributed by atoms with Gasteiger partial charge in [-0.25, -0.2) is 4.79 Å². The van der Waals surface area contributed by atoms with Crippen molar-refractivity contribution in [2.75, 3.05) is 31.8 Å². The fourth-order valence-electron chi connectivity index (χ4n) is 3.46. The highest BCUT2D eigenvalue weighted by Crippen LogP contribution is 2.26. The monoisotopic (exact) mass is 470 g/mol. The fraction of sp³-hybridized carbons (Fsp3) is 0.143. The number of anilines is 1. The standard InChI is InChI=1S/C28H26N2O3S/c1-32-25-7-5-8-26(16-25)34-19-21(14-20-10-12-22(13-11-20)28(31)33-2)17-29-24-15-23-6-3-4-9-27(23)30-18-24/h3-16,18,29H,17,19H2,1-2H3. The topological polar surface area (TPSA) is 60.5 Å². The number of nitrogens with one attached hydrogen (secondary N) is 1. The average Bonchev–Trinajstić information content (AvgIpc) is 2.90. The number of thioether (sulfide) groups is 1. The Balaban J connectivity index is 1.52. The van der Waals surface area contributed by atoms with Crippen LogP contribution in [0.3, 0.4) is 0 Å². The summed E-state index contributed by atoms with van der Waals surface area (Å²) < 4.78 is 10.2. The number of nitrogens with zero attached hydrogens (tertiary/aromatic N) is 1. The minimum atomic E-state index is -0.338. The van der Waals surface area contributed by atoms with Crippen LogP contribution >= 0.6 is 11.8 Å². The molecule has 0 aliphatic rings. The Morgan fingerprint density at radius 1 is 1.00 bits per heavy atom. The molecule has 0 atom stereocenters. The number of para-hydroxylation sites is 1. The lowest BCUT2D eigenvalue weighted by Gasteiger charge is -2.12. The molecule has 3 aromatic carbocycles. The van der Waals surface area contributed by atoms with Gasteiger partial charge < -0.3 is 14.8 Å². The molecule has 0 saturated carbocycles. The maximum atomic E-state index is 11.7. The Morgan fingerprint density at radius 3 is 2.62 bits per heavy atom. The van der Waals surface area contributed by atoms with E-state index < -0.39 is 0 Å². The van der Waals surface area contributed by atoms with Crippen molar-refractivity contribution < 1.29 is 14.3 Å². The van der Waals surface area contributed by atoms with Crippen molar-refractivity contribution >= 4 is 40.4 Å². The zero-order chi connectivity index (χ0) is 23.8. The smallest absolute Gasteiger partial charge is 0.337 e. The minimum Gasteiger partial charge on any atom is -0.497 e. The third-order valence-corrected chi connectivity index (χ3v) is 6.38. The summed E-state index contributed by atoms with van der Waals surface area (Å²) in [5.74, 6) is 1.30. The van der Waals surface area contributed by atoms with E-state index in [0.717, 1.165) is 38.6 Å². The normalized spacial score (nSPS) is 11.3. The first-order valence-corrected chi connectivity index (χ1v) is 11.9. The molecule has 172 valence electrons. The number of hydrogen-bond acceptors (Lipinski definition) is 6. The van der Waals surface area contributed by atoms with Crippen LogP contribution in [0.4, 0.5) is 5.69 Å². The van der Waals surface area contributed by atoms with E-state index in [1.807, 2.05) is 54.7 Å². The summed E-state index contributed by atoms with van der Waals surface area (Å²) in [4.78, 5) is 17.4. The molecule has 0 radical (unpaired) electrons. The Bertz CT molecular complexity index is 1300. The van der Waals surface area contributed by atoms with E-state index in [-0.39, 0.29) is 5.97 Å². The van der Waals surface area contributed by atoms with E-state index >= 15 is 0 Å². The average molecular weight is 471 g/mol. The van der Waals surface area contributed by atoms with Crippen molar-refractivity contribution in [2.24, 2.45) is 0 Å². The second-order valence-electron chi connectivity index (χ2n) is 7.65. The second kappa shape index (κ2) is 11.4. The lowest BCUT2D eigenvalue weighted by Crippen LogP contribution is -2.07. The largest absolute Gasteiger partial charge is 0.497 e. The number of carbonyl (C=O) groups excluding carboxylic acids is 1. The number of fused-ring (bicyclic) bond motifs is 1. The summed E-state index contributed by atoms with van der Waals surface area (Å²) >= 11 is 1.75. The van der Waals surface area contributed by atoms with Crippen LogP contribution in [0.25, 0.3) is 17.0 Å². The fourth-order valence-corrected chi connectivity index (χ4v) is 4.37. The Labute approximate surface area is 203 Å². The molecule has 0 spiro atoms. The predicted molar refractivity (Wildman–Crippen MR) is 140 cm³/mol. The molecular weight excluding hydrogens is 444 g/mol. The number of pyridine rings is 1. The minimum absolute atomic E-state index is 0.338. The molecule has 0 aliphatic heterocycles. The summed E-state index contributed by atoms with van der Waals surface area (Å²) in [7, 11) is 3.06. The molecular formula is C28H26N2O3S. The molecule has 34 heavy (non-hydrogen) atoms. The molecule has 0 aliphatic carbocycles. The first kappa shape index (κ1) is 23.4. The summed E-state index contributed by atoms with van der Waals surface area (Å²) in [5, 5.41) is 4.61. The zero-order valence-corrected chi connectivity index (χ0v) is 20.0. The molecule has 1 heterocycles. The van der Waals surface area contributed by atoms with E-state index in [4.69, 9.17) is 9.47 Å². The van der Waals surface area contributed by atoms with Crippen molar-refractivity contribution in [3.8, 4) is 5.75 Å². The lowest BCUT2D eigenvalue weighted by atomic mass is 10.1. The molecule has 0 unspecified atom stereocenters. The Kier molecular flexibility index (Phi) is 7.83. The van der Waals surface area contributed by atoms with Crippen LogP contribution in [0.1, 0.15) is 15.9 Å². The highest BCUT2D eigenvalue weighted by atomic mass is 32.2. The van der Waals surface area contributed by atoms with Gasteiger partial charge in [-0.15, -0.1) is 11.8 Å². The molecule has 6 heteroatoms. The molecule has 0 amide bonds. The number of carbonyl (C=O) groups is 1. The Hall–Kier alpha value is -3.77.